The van der Waals surface area contributed by atoms with E-state index in [1.54, 1.807) is 7.11 Å². The standard InChI is InChI=1S/C21H24N2O2/c1-3-9-20-10-5-12-23-17(24)13-21(19(20)23)14-6-4-7-15(25-2)18(14)22-16(21)8-11-20/h3-4,6-7,19H,1,5,8-13H2,2H3/t19?,20-,21-/m0/s1. The largest absolute Gasteiger partial charge is 0.494 e. The number of nitrogens with zero attached hydrogens (tertiary/aromatic N) is 2. The predicted molar refractivity (Wildman–Crippen MR) is 97.6 cm³/mol. The summed E-state index contributed by atoms with van der Waals surface area (Å²) in [4.78, 5) is 20.2. The molecule has 1 unspecified atom stereocenters. The lowest BCUT2D eigenvalue weighted by atomic mass is 9.53. The number of allylic oxidation sites excluding steroid dienone is 1. The van der Waals surface area contributed by atoms with Crippen LogP contribution in [0.25, 0.3) is 0 Å². The molecule has 5 rings (SSSR count). The molecular formula is C21H24N2O2. The Morgan fingerprint density at radius 2 is 2.32 bits per heavy atom. The van der Waals surface area contributed by atoms with Gasteiger partial charge in [0.25, 0.3) is 0 Å². The number of fused-ring (bicyclic) bond motifs is 1. The number of ether oxygens (including phenoxy) is 1. The second-order valence-electron chi connectivity index (χ2n) is 8.01. The smallest absolute Gasteiger partial charge is 0.224 e. The van der Waals surface area contributed by atoms with Gasteiger partial charge < -0.3 is 9.64 Å². The van der Waals surface area contributed by atoms with Crippen molar-refractivity contribution in [1.29, 1.82) is 0 Å². The van der Waals surface area contributed by atoms with Gasteiger partial charge in [0.15, 0.2) is 0 Å². The van der Waals surface area contributed by atoms with Crippen molar-refractivity contribution in [3.63, 3.8) is 0 Å². The van der Waals surface area contributed by atoms with Crippen LogP contribution in [0.4, 0.5) is 5.69 Å². The highest BCUT2D eigenvalue weighted by molar-refractivity contribution is 6.09. The van der Waals surface area contributed by atoms with Crippen LogP contribution >= 0.6 is 0 Å². The monoisotopic (exact) mass is 336 g/mol. The van der Waals surface area contributed by atoms with Crippen molar-refractivity contribution in [3.05, 3.63) is 36.4 Å². The van der Waals surface area contributed by atoms with Crippen molar-refractivity contribution >= 4 is 17.3 Å². The van der Waals surface area contributed by atoms with Gasteiger partial charge >= 0.3 is 0 Å². The molecule has 3 aliphatic heterocycles. The molecule has 0 N–H and O–H groups in total. The summed E-state index contributed by atoms with van der Waals surface area (Å²) in [5.74, 6) is 1.12. The maximum atomic E-state index is 13.0. The molecule has 0 radical (unpaired) electrons. The van der Waals surface area contributed by atoms with Crippen LogP contribution in [0.2, 0.25) is 0 Å². The minimum atomic E-state index is -0.247. The van der Waals surface area contributed by atoms with Crippen molar-refractivity contribution in [3.8, 4) is 5.75 Å². The van der Waals surface area contributed by atoms with Crippen molar-refractivity contribution in [2.24, 2.45) is 10.4 Å². The molecule has 1 aliphatic carbocycles. The molecule has 3 atom stereocenters. The number of para-hydroxylation sites is 1. The zero-order chi connectivity index (χ0) is 17.2. The van der Waals surface area contributed by atoms with E-state index in [2.05, 4.69) is 23.6 Å². The first-order valence-corrected chi connectivity index (χ1v) is 9.32. The Morgan fingerprint density at radius 3 is 3.12 bits per heavy atom. The van der Waals surface area contributed by atoms with Gasteiger partial charge in [-0.25, -0.2) is 0 Å². The third kappa shape index (κ3) is 1.68. The van der Waals surface area contributed by atoms with Crippen molar-refractivity contribution in [1.82, 2.24) is 4.90 Å². The molecule has 0 aromatic heterocycles. The first kappa shape index (κ1) is 15.2. The number of rotatable bonds is 3. The number of methoxy groups -OCH3 is 1. The Bertz CT molecular complexity index is 814. The van der Waals surface area contributed by atoms with Crippen molar-refractivity contribution < 1.29 is 9.53 Å². The molecule has 1 spiro atoms. The number of hydrogen-bond acceptors (Lipinski definition) is 3. The molecule has 130 valence electrons. The SMILES string of the molecule is C=CC[C@]12CCCN3C(=O)C[C@]4(C(=Nc5c(OC)cccc54)CC1)C32. The summed E-state index contributed by atoms with van der Waals surface area (Å²) in [6.45, 7) is 4.92. The maximum Gasteiger partial charge on any atom is 0.224 e. The number of piperidine rings is 1. The van der Waals surface area contributed by atoms with Gasteiger partial charge in [-0.05, 0) is 49.1 Å². The zero-order valence-electron chi connectivity index (χ0n) is 14.8. The van der Waals surface area contributed by atoms with Crippen molar-refractivity contribution in [2.45, 2.75) is 50.0 Å². The molecule has 3 heterocycles. The summed E-state index contributed by atoms with van der Waals surface area (Å²) in [7, 11) is 1.70. The topological polar surface area (TPSA) is 41.9 Å². The fourth-order valence-electron chi connectivity index (χ4n) is 6.26. The van der Waals surface area contributed by atoms with E-state index in [4.69, 9.17) is 9.73 Å². The van der Waals surface area contributed by atoms with Crippen LogP contribution in [0.15, 0.2) is 35.8 Å². The molecule has 1 aromatic carbocycles. The van der Waals surface area contributed by atoms with Gasteiger partial charge in [0.2, 0.25) is 5.91 Å². The lowest BCUT2D eigenvalue weighted by molar-refractivity contribution is -0.133. The highest BCUT2D eigenvalue weighted by Gasteiger charge is 2.67. The summed E-state index contributed by atoms with van der Waals surface area (Å²) in [5.41, 5.74) is 3.26. The van der Waals surface area contributed by atoms with Crippen LogP contribution in [0.3, 0.4) is 0 Å². The van der Waals surface area contributed by atoms with Gasteiger partial charge in [-0.1, -0.05) is 18.2 Å². The Hall–Kier alpha value is -2.10. The van der Waals surface area contributed by atoms with Gasteiger partial charge in [-0.3, -0.25) is 9.79 Å². The number of carbonyl (C=O) groups is 1. The molecule has 4 aliphatic rings. The molecule has 4 nitrogen and oxygen atoms in total. The molecule has 4 heteroatoms. The molecule has 1 amide bonds. The van der Waals surface area contributed by atoms with E-state index in [0.29, 0.717) is 12.3 Å². The van der Waals surface area contributed by atoms with Gasteiger partial charge in [0.05, 0.1) is 18.6 Å². The molecule has 0 bridgehead atoms. The Kier molecular flexibility index (Phi) is 3.01. The van der Waals surface area contributed by atoms with E-state index in [1.165, 1.54) is 17.7 Å². The van der Waals surface area contributed by atoms with Crippen LogP contribution in [-0.2, 0) is 10.2 Å². The maximum absolute atomic E-state index is 13.0. The third-order valence-electron chi connectivity index (χ3n) is 7.05. The normalized spacial score (nSPS) is 34.9. The van der Waals surface area contributed by atoms with E-state index in [0.717, 1.165) is 43.7 Å². The second kappa shape index (κ2) is 4.96. The Morgan fingerprint density at radius 1 is 1.44 bits per heavy atom. The third-order valence-corrected chi connectivity index (χ3v) is 7.05. The average Bonchev–Trinajstić information content (AvgIpc) is 3.11. The van der Waals surface area contributed by atoms with Crippen molar-refractivity contribution in [2.75, 3.05) is 13.7 Å². The summed E-state index contributed by atoms with van der Waals surface area (Å²) in [5, 5.41) is 0. The highest BCUT2D eigenvalue weighted by atomic mass is 16.5. The van der Waals surface area contributed by atoms with Crippen LogP contribution in [0, 0.1) is 5.41 Å². The first-order valence-electron chi connectivity index (χ1n) is 9.32. The number of aliphatic imine (C=N–C) groups is 1. The number of benzene rings is 1. The summed E-state index contributed by atoms with van der Waals surface area (Å²) in [6, 6.07) is 6.41. The van der Waals surface area contributed by atoms with Crippen LogP contribution in [0.1, 0.15) is 44.1 Å². The van der Waals surface area contributed by atoms with E-state index >= 15 is 0 Å². The lowest BCUT2D eigenvalue weighted by Gasteiger charge is -2.55. The molecule has 3 fully saturated rings. The van der Waals surface area contributed by atoms with Gasteiger partial charge in [-0.15, -0.1) is 6.58 Å². The number of carbonyl (C=O) groups excluding carboxylic acids is 1. The minimum absolute atomic E-state index is 0.149. The van der Waals surface area contributed by atoms with E-state index in [-0.39, 0.29) is 16.9 Å². The molecular weight excluding hydrogens is 312 g/mol. The van der Waals surface area contributed by atoms with E-state index in [9.17, 15) is 4.79 Å². The van der Waals surface area contributed by atoms with Gasteiger partial charge in [-0.2, -0.15) is 0 Å². The fourth-order valence-corrected chi connectivity index (χ4v) is 6.26. The average molecular weight is 336 g/mol. The quantitative estimate of drug-likeness (QED) is 0.789. The first-order chi connectivity index (χ1) is 12.2. The molecule has 2 saturated heterocycles. The summed E-state index contributed by atoms with van der Waals surface area (Å²) in [6.07, 6.45) is 7.97. The summed E-state index contributed by atoms with van der Waals surface area (Å²) >= 11 is 0. The predicted octanol–water partition coefficient (Wildman–Crippen LogP) is 3.77. The van der Waals surface area contributed by atoms with Gasteiger partial charge in [0.1, 0.15) is 11.4 Å². The van der Waals surface area contributed by atoms with Crippen LogP contribution in [0.5, 0.6) is 5.75 Å². The van der Waals surface area contributed by atoms with E-state index < -0.39 is 0 Å². The van der Waals surface area contributed by atoms with Gasteiger partial charge in [0, 0.05) is 18.7 Å². The Balaban J connectivity index is 1.76. The van der Waals surface area contributed by atoms with Crippen LogP contribution in [-0.4, -0.2) is 36.2 Å². The summed E-state index contributed by atoms with van der Waals surface area (Å²) < 4.78 is 5.58. The zero-order valence-corrected chi connectivity index (χ0v) is 14.8. The highest BCUT2D eigenvalue weighted by Crippen LogP contribution is 2.64. The van der Waals surface area contributed by atoms with Crippen LogP contribution < -0.4 is 4.74 Å². The molecule has 1 aromatic rings. The fraction of sp³-hybridized carbons (Fsp3) is 0.524. The second-order valence-corrected chi connectivity index (χ2v) is 8.01. The molecule has 1 saturated carbocycles. The number of hydrogen-bond donors (Lipinski definition) is 0. The van der Waals surface area contributed by atoms with E-state index in [1.807, 2.05) is 12.1 Å². The Labute approximate surface area is 148 Å². The molecule has 25 heavy (non-hydrogen) atoms. The lowest BCUT2D eigenvalue weighted by Crippen LogP contribution is -2.62. The minimum Gasteiger partial charge on any atom is -0.494 e. The number of amides is 1.